The molecule has 3 unspecified atom stereocenters. The molecule has 0 bridgehead atoms. The van der Waals surface area contributed by atoms with Crippen molar-refractivity contribution in [3.63, 3.8) is 0 Å². The minimum absolute atomic E-state index is 0.0202. The molecule has 0 aliphatic heterocycles. The quantitative estimate of drug-likeness (QED) is 0.203. The Hall–Kier alpha value is -3.62. The summed E-state index contributed by atoms with van der Waals surface area (Å²) in [6.45, 7) is 0.855. The molecule has 1 N–H and O–H groups in total. The molecule has 4 aromatic rings. The van der Waals surface area contributed by atoms with Crippen molar-refractivity contribution in [1.82, 2.24) is 4.98 Å². The summed E-state index contributed by atoms with van der Waals surface area (Å²) in [7, 11) is 0. The third kappa shape index (κ3) is 6.42. The maximum atomic E-state index is 16.8. The number of aromatic nitrogens is 1. The van der Waals surface area contributed by atoms with Crippen LogP contribution in [0.3, 0.4) is 0 Å². The number of aliphatic hydroxyl groups is 1. The Morgan fingerprint density at radius 3 is 2.25 bits per heavy atom. The van der Waals surface area contributed by atoms with Gasteiger partial charge < -0.3 is 9.84 Å². The smallest absolute Gasteiger partial charge is 0.388 e. The Bertz CT molecular complexity index is 1570. The van der Waals surface area contributed by atoms with E-state index in [1.54, 1.807) is 12.1 Å². The summed E-state index contributed by atoms with van der Waals surface area (Å²) in [5, 5.41) is 11.6. The van der Waals surface area contributed by atoms with Gasteiger partial charge in [0.05, 0.1) is 30.6 Å². The van der Waals surface area contributed by atoms with Gasteiger partial charge in [-0.25, -0.2) is 8.78 Å². The van der Waals surface area contributed by atoms with Crippen molar-refractivity contribution in [2.24, 2.45) is 5.92 Å². The topological polar surface area (TPSA) is 42.4 Å². The van der Waals surface area contributed by atoms with Crippen molar-refractivity contribution >= 4 is 0 Å². The molecule has 1 aromatic heterocycles. The predicted molar refractivity (Wildman–Crippen MR) is 158 cm³/mol. The van der Waals surface area contributed by atoms with Crippen LogP contribution in [-0.4, -0.2) is 16.7 Å². The molecule has 1 heterocycles. The van der Waals surface area contributed by atoms with Crippen LogP contribution < -0.4 is 0 Å². The molecular weight excluding hydrogens is 573 g/mol. The molecule has 0 amide bonds. The van der Waals surface area contributed by atoms with Gasteiger partial charge in [-0.05, 0) is 78.1 Å². The monoisotopic (exact) mass is 607 g/mol. The van der Waals surface area contributed by atoms with Crippen LogP contribution in [0.5, 0.6) is 0 Å². The average molecular weight is 608 g/mol. The van der Waals surface area contributed by atoms with Crippen molar-refractivity contribution in [3.05, 3.63) is 124 Å². The Morgan fingerprint density at radius 1 is 0.909 bits per heavy atom. The lowest BCUT2D eigenvalue weighted by molar-refractivity contribution is -0.137. The second kappa shape index (κ2) is 12.8. The standard InChI is InChI=1S/C36H34F5NO2/c37-28-16-12-24(13-17-28)31-32-29(18-23(19-30(32)43)21-44-20-22-6-2-1-3-7-22)42-35(26-8-4-5-9-26)33(31)34(38)25-10-14-27(15-11-25)36(39,40)41/h1-3,6-7,10-17,23,26,30,34,43H,4-5,8-9,18-21H2. The van der Waals surface area contributed by atoms with Gasteiger partial charge in [-0.2, -0.15) is 13.2 Å². The summed E-state index contributed by atoms with van der Waals surface area (Å²) < 4.78 is 76.8. The molecule has 1 saturated carbocycles. The van der Waals surface area contributed by atoms with Crippen LogP contribution >= 0.6 is 0 Å². The summed E-state index contributed by atoms with van der Waals surface area (Å²) in [4.78, 5) is 5.06. The third-order valence-electron chi connectivity index (χ3n) is 8.88. The number of hydrogen-bond donors (Lipinski definition) is 1. The van der Waals surface area contributed by atoms with Gasteiger partial charge in [0.25, 0.3) is 0 Å². The number of halogens is 5. The van der Waals surface area contributed by atoms with Gasteiger partial charge in [0, 0.05) is 22.7 Å². The van der Waals surface area contributed by atoms with Crippen LogP contribution in [0.2, 0.25) is 0 Å². The maximum absolute atomic E-state index is 16.8. The van der Waals surface area contributed by atoms with Gasteiger partial charge in [-0.15, -0.1) is 0 Å². The summed E-state index contributed by atoms with van der Waals surface area (Å²) in [6, 6.07) is 19.6. The number of pyridine rings is 1. The lowest BCUT2D eigenvalue weighted by Crippen LogP contribution is -2.26. The molecule has 2 aliphatic carbocycles. The lowest BCUT2D eigenvalue weighted by Gasteiger charge is -2.33. The van der Waals surface area contributed by atoms with E-state index in [0.717, 1.165) is 55.5 Å². The summed E-state index contributed by atoms with van der Waals surface area (Å²) in [5.41, 5.74) is 3.25. The van der Waals surface area contributed by atoms with E-state index >= 15 is 4.39 Å². The molecular formula is C36H34F5NO2. The molecule has 0 spiro atoms. The van der Waals surface area contributed by atoms with Crippen LogP contribution in [0.1, 0.15) is 89.5 Å². The van der Waals surface area contributed by atoms with Crippen LogP contribution in [0.25, 0.3) is 11.1 Å². The summed E-state index contributed by atoms with van der Waals surface area (Å²) in [5.74, 6) is -0.507. The second-order valence-electron chi connectivity index (χ2n) is 11.9. The van der Waals surface area contributed by atoms with Crippen molar-refractivity contribution in [1.29, 1.82) is 0 Å². The van der Waals surface area contributed by atoms with Crippen LogP contribution in [0.15, 0.2) is 78.9 Å². The van der Waals surface area contributed by atoms with E-state index < -0.39 is 29.8 Å². The normalized spacial score (nSPS) is 19.6. The largest absolute Gasteiger partial charge is 0.416 e. The lowest BCUT2D eigenvalue weighted by atomic mass is 9.77. The number of nitrogens with zero attached hydrogens (tertiary/aromatic N) is 1. The first kappa shape index (κ1) is 30.4. The van der Waals surface area contributed by atoms with Gasteiger partial charge in [-0.3, -0.25) is 4.98 Å². The molecule has 3 aromatic carbocycles. The van der Waals surface area contributed by atoms with Crippen molar-refractivity contribution in [2.45, 2.75) is 69.5 Å². The van der Waals surface area contributed by atoms with E-state index in [1.165, 1.54) is 12.1 Å². The molecule has 2 aliphatic rings. The number of fused-ring (bicyclic) bond motifs is 1. The number of benzene rings is 3. The summed E-state index contributed by atoms with van der Waals surface area (Å²) in [6.07, 6.45) is -2.88. The zero-order valence-electron chi connectivity index (χ0n) is 24.2. The zero-order chi connectivity index (χ0) is 30.8. The highest BCUT2D eigenvalue weighted by Crippen LogP contribution is 2.49. The molecule has 1 fully saturated rings. The van der Waals surface area contributed by atoms with Crippen LogP contribution in [0.4, 0.5) is 22.0 Å². The third-order valence-corrected chi connectivity index (χ3v) is 8.88. The van der Waals surface area contributed by atoms with E-state index in [1.807, 2.05) is 30.3 Å². The van der Waals surface area contributed by atoms with Crippen molar-refractivity contribution in [3.8, 4) is 11.1 Å². The van der Waals surface area contributed by atoms with Crippen LogP contribution in [0, 0.1) is 11.7 Å². The zero-order valence-corrected chi connectivity index (χ0v) is 24.2. The molecule has 6 rings (SSSR count). The second-order valence-corrected chi connectivity index (χ2v) is 11.9. The predicted octanol–water partition coefficient (Wildman–Crippen LogP) is 9.44. The molecule has 0 radical (unpaired) electrons. The van der Waals surface area contributed by atoms with Crippen LogP contribution in [-0.2, 0) is 23.9 Å². The highest BCUT2D eigenvalue weighted by molar-refractivity contribution is 5.75. The van der Waals surface area contributed by atoms with E-state index in [0.29, 0.717) is 54.1 Å². The Kier molecular flexibility index (Phi) is 8.83. The number of rotatable bonds is 8. The Labute approximate surface area is 253 Å². The molecule has 0 saturated heterocycles. The molecule has 8 heteroatoms. The molecule has 44 heavy (non-hydrogen) atoms. The fourth-order valence-corrected chi connectivity index (χ4v) is 6.74. The minimum Gasteiger partial charge on any atom is -0.388 e. The molecule has 230 valence electrons. The van der Waals surface area contributed by atoms with E-state index in [9.17, 15) is 22.7 Å². The number of aliphatic hydroxyl groups excluding tert-OH is 1. The van der Waals surface area contributed by atoms with Crippen molar-refractivity contribution < 1.29 is 31.8 Å². The van der Waals surface area contributed by atoms with Gasteiger partial charge in [0.2, 0.25) is 0 Å². The first-order valence-electron chi connectivity index (χ1n) is 15.1. The number of hydrogen-bond acceptors (Lipinski definition) is 3. The fourth-order valence-electron chi connectivity index (χ4n) is 6.74. The van der Waals surface area contributed by atoms with Gasteiger partial charge in [0.1, 0.15) is 5.82 Å². The van der Waals surface area contributed by atoms with Gasteiger partial charge in [-0.1, -0.05) is 67.4 Å². The molecule has 3 atom stereocenters. The number of ether oxygens (including phenoxy) is 1. The van der Waals surface area contributed by atoms with Gasteiger partial charge in [0.15, 0.2) is 6.17 Å². The van der Waals surface area contributed by atoms with E-state index in [4.69, 9.17) is 9.72 Å². The summed E-state index contributed by atoms with van der Waals surface area (Å²) >= 11 is 0. The first-order valence-corrected chi connectivity index (χ1v) is 15.1. The van der Waals surface area contributed by atoms with E-state index in [2.05, 4.69) is 0 Å². The average Bonchev–Trinajstić information content (AvgIpc) is 3.56. The highest BCUT2D eigenvalue weighted by Gasteiger charge is 2.37. The Balaban J connectivity index is 1.44. The first-order chi connectivity index (χ1) is 21.2. The van der Waals surface area contributed by atoms with E-state index in [-0.39, 0.29) is 23.0 Å². The fraction of sp³-hybridized carbons (Fsp3) is 0.361. The number of alkyl halides is 4. The van der Waals surface area contributed by atoms with Gasteiger partial charge >= 0.3 is 6.18 Å². The maximum Gasteiger partial charge on any atom is 0.416 e. The molecule has 3 nitrogen and oxygen atoms in total. The minimum atomic E-state index is -4.54. The Morgan fingerprint density at radius 2 is 1.59 bits per heavy atom. The van der Waals surface area contributed by atoms with Crippen molar-refractivity contribution in [2.75, 3.05) is 6.61 Å². The highest BCUT2D eigenvalue weighted by atomic mass is 19.4. The SMILES string of the molecule is OC1CC(COCc2ccccc2)Cc2nc(C3CCCC3)c(C(F)c3ccc(C(F)(F)F)cc3)c(-c3ccc(F)cc3)c21.